The molecule has 4 N–H and O–H groups in total. The Labute approximate surface area is 203 Å². The lowest BCUT2D eigenvalue weighted by Gasteiger charge is -2.26. The van der Waals surface area contributed by atoms with Crippen molar-refractivity contribution in [2.75, 3.05) is 13.7 Å². The van der Waals surface area contributed by atoms with Gasteiger partial charge in [0.05, 0.1) is 18.5 Å². The fourth-order valence-electron chi connectivity index (χ4n) is 4.17. The molecule has 3 aliphatic rings. The number of hydrogen-bond donors (Lipinski definition) is 4. The molecule has 1 aromatic carbocycles. The first-order valence-corrected chi connectivity index (χ1v) is 11.3. The number of carbonyl (C=O) groups is 5. The van der Waals surface area contributed by atoms with Gasteiger partial charge in [-0.3, -0.25) is 25.0 Å². The number of thiophene rings is 1. The van der Waals surface area contributed by atoms with Crippen LogP contribution in [0.25, 0.3) is 0 Å². The smallest absolute Gasteiger partial charge is 0.323 e. The van der Waals surface area contributed by atoms with Crippen LogP contribution in [0.4, 0.5) is 9.59 Å². The van der Waals surface area contributed by atoms with Crippen molar-refractivity contribution in [1.82, 2.24) is 26.2 Å². The van der Waals surface area contributed by atoms with Crippen molar-refractivity contribution in [3.8, 4) is 17.6 Å². The van der Waals surface area contributed by atoms with Gasteiger partial charge in [0.2, 0.25) is 5.54 Å². The van der Waals surface area contributed by atoms with E-state index in [9.17, 15) is 24.0 Å². The minimum atomic E-state index is -1.66. The maximum absolute atomic E-state index is 13.0. The van der Waals surface area contributed by atoms with Crippen molar-refractivity contribution in [3.05, 3.63) is 51.2 Å². The zero-order valence-corrected chi connectivity index (χ0v) is 19.4. The van der Waals surface area contributed by atoms with Gasteiger partial charge in [-0.25, -0.2) is 9.59 Å². The van der Waals surface area contributed by atoms with Crippen LogP contribution in [0.1, 0.15) is 32.6 Å². The fourth-order valence-corrected chi connectivity index (χ4v) is 5.13. The number of carbonyl (C=O) groups excluding carboxylic acids is 5. The molecule has 11 nitrogen and oxygen atoms in total. The highest BCUT2D eigenvalue weighted by molar-refractivity contribution is 7.12. The maximum atomic E-state index is 13.0. The highest BCUT2D eigenvalue weighted by atomic mass is 32.1. The number of nitrogens with zero attached hydrogens (tertiary/aromatic N) is 1. The molecular formula is C23H19N5O6S. The number of ether oxygens (including phenoxy) is 1. The Morgan fingerprint density at radius 1 is 1.03 bits per heavy atom. The highest BCUT2D eigenvalue weighted by Crippen LogP contribution is 2.31. The number of amides is 7. The Hall–Kier alpha value is -4.37. The van der Waals surface area contributed by atoms with Crippen molar-refractivity contribution < 1.29 is 28.7 Å². The number of hydrogen-bond acceptors (Lipinski definition) is 7. The molecule has 0 bridgehead atoms. The normalized spacial score (nSPS) is 24.9. The summed E-state index contributed by atoms with van der Waals surface area (Å²) in [6.45, 7) is 1.66. The van der Waals surface area contributed by atoms with Gasteiger partial charge in [0.15, 0.2) is 5.54 Å². The standard InChI is InChI=1S/C23H19N5O6S/c1-22(18(30)24-20(32)26-22)16-6-5-14(35-16)7-8-23(19(31)25-21(33)27-23)11-28-10-12-3-4-13(34-2)9-15(12)17(28)29/h3-6,9H,10-11H2,1-2H3,(H2,24,26,30,32)(H2,25,27,31,33)/t22?,23-/m1/s1. The van der Waals surface area contributed by atoms with Crippen LogP contribution in [0.5, 0.6) is 5.75 Å². The highest BCUT2D eigenvalue weighted by Gasteiger charge is 2.48. The van der Waals surface area contributed by atoms with Crippen molar-refractivity contribution >= 4 is 41.1 Å². The number of rotatable bonds is 4. The molecule has 3 aliphatic heterocycles. The summed E-state index contributed by atoms with van der Waals surface area (Å²) >= 11 is 1.17. The molecule has 2 fully saturated rings. The Kier molecular flexibility index (Phi) is 5.03. The van der Waals surface area contributed by atoms with Gasteiger partial charge in [0.25, 0.3) is 17.7 Å². The van der Waals surface area contributed by atoms with Gasteiger partial charge in [0, 0.05) is 17.0 Å². The quantitative estimate of drug-likeness (QED) is 0.358. The summed E-state index contributed by atoms with van der Waals surface area (Å²) in [4.78, 5) is 64.1. The molecule has 4 heterocycles. The lowest BCUT2D eigenvalue weighted by atomic mass is 9.99. The third-order valence-electron chi connectivity index (χ3n) is 6.11. The van der Waals surface area contributed by atoms with E-state index in [1.54, 1.807) is 37.3 Å². The van der Waals surface area contributed by atoms with Gasteiger partial charge in [-0.1, -0.05) is 17.9 Å². The third-order valence-corrected chi connectivity index (χ3v) is 7.33. The van der Waals surface area contributed by atoms with E-state index in [-0.39, 0.29) is 19.0 Å². The summed E-state index contributed by atoms with van der Waals surface area (Å²) in [7, 11) is 1.51. The lowest BCUT2D eigenvalue weighted by molar-refractivity contribution is -0.124. The molecule has 12 heteroatoms. The first kappa shape index (κ1) is 22.4. The monoisotopic (exact) mass is 493 g/mol. The SMILES string of the molecule is COc1ccc2c(c1)C(=O)N(C[C@@]1(C#Cc3ccc(C4(C)NC(=O)NC4=O)s3)NC(=O)NC1=O)C2. The molecule has 0 spiro atoms. The maximum Gasteiger partial charge on any atom is 0.323 e. The summed E-state index contributed by atoms with van der Waals surface area (Å²) < 4.78 is 5.19. The molecule has 35 heavy (non-hydrogen) atoms. The number of fused-ring (bicyclic) bond motifs is 1. The van der Waals surface area contributed by atoms with Gasteiger partial charge >= 0.3 is 12.1 Å². The van der Waals surface area contributed by atoms with Crippen LogP contribution in [0.2, 0.25) is 0 Å². The topological polar surface area (TPSA) is 146 Å². The molecule has 0 aliphatic carbocycles. The zero-order valence-electron chi connectivity index (χ0n) is 18.6. The largest absolute Gasteiger partial charge is 0.497 e. The Bertz CT molecular complexity index is 1390. The number of methoxy groups -OCH3 is 1. The molecular weight excluding hydrogens is 474 g/mol. The van der Waals surface area contributed by atoms with Crippen molar-refractivity contribution in [1.29, 1.82) is 0 Å². The zero-order chi connectivity index (χ0) is 25.0. The minimum Gasteiger partial charge on any atom is -0.497 e. The molecule has 2 atom stereocenters. The van der Waals surface area contributed by atoms with Crippen LogP contribution in [0.15, 0.2) is 30.3 Å². The number of benzene rings is 1. The van der Waals surface area contributed by atoms with E-state index < -0.39 is 35.0 Å². The lowest BCUT2D eigenvalue weighted by Crippen LogP contribution is -2.54. The first-order chi connectivity index (χ1) is 16.6. The minimum absolute atomic E-state index is 0.165. The van der Waals surface area contributed by atoms with E-state index in [0.717, 1.165) is 5.56 Å². The van der Waals surface area contributed by atoms with Crippen molar-refractivity contribution in [2.24, 2.45) is 0 Å². The average molecular weight is 494 g/mol. The molecule has 0 saturated carbocycles. The summed E-state index contributed by atoms with van der Waals surface area (Å²) in [6, 6.07) is 7.18. The van der Waals surface area contributed by atoms with Crippen LogP contribution in [-0.2, 0) is 21.7 Å². The molecule has 0 radical (unpaired) electrons. The number of urea groups is 2. The second-order valence-corrected chi connectivity index (χ2v) is 9.53. The molecule has 1 unspecified atom stereocenters. The summed E-state index contributed by atoms with van der Waals surface area (Å²) in [5.41, 5.74) is -1.65. The summed E-state index contributed by atoms with van der Waals surface area (Å²) in [5.74, 6) is 4.81. The van der Waals surface area contributed by atoms with E-state index in [2.05, 4.69) is 33.1 Å². The van der Waals surface area contributed by atoms with Crippen LogP contribution >= 0.6 is 11.3 Å². The van der Waals surface area contributed by atoms with Crippen LogP contribution < -0.4 is 26.0 Å². The summed E-state index contributed by atoms with van der Waals surface area (Å²) in [5, 5.41) is 9.54. The van der Waals surface area contributed by atoms with E-state index in [1.807, 2.05) is 0 Å². The average Bonchev–Trinajstić information content (AvgIpc) is 3.54. The number of nitrogens with one attached hydrogen (secondary N) is 4. The molecule has 2 saturated heterocycles. The van der Waals surface area contributed by atoms with Crippen molar-refractivity contribution in [2.45, 2.75) is 24.5 Å². The second-order valence-electron chi connectivity index (χ2n) is 8.45. The third kappa shape index (κ3) is 3.66. The number of imide groups is 2. The predicted molar refractivity (Wildman–Crippen MR) is 122 cm³/mol. The van der Waals surface area contributed by atoms with E-state index in [1.165, 1.54) is 23.3 Å². The second kappa shape index (κ2) is 7.85. The fraction of sp³-hybridized carbons (Fsp3) is 0.261. The molecule has 178 valence electrons. The Morgan fingerprint density at radius 3 is 2.43 bits per heavy atom. The predicted octanol–water partition coefficient (Wildman–Crippen LogP) is 0.397. The molecule has 2 aromatic rings. The molecule has 1 aromatic heterocycles. The van der Waals surface area contributed by atoms with E-state index in [4.69, 9.17) is 4.74 Å². The van der Waals surface area contributed by atoms with Gasteiger partial charge in [-0.05, 0) is 36.8 Å². The van der Waals surface area contributed by atoms with Gasteiger partial charge in [-0.2, -0.15) is 0 Å². The Balaban J connectivity index is 1.43. The van der Waals surface area contributed by atoms with Crippen molar-refractivity contribution in [3.63, 3.8) is 0 Å². The van der Waals surface area contributed by atoms with E-state index >= 15 is 0 Å². The Morgan fingerprint density at radius 2 is 1.77 bits per heavy atom. The summed E-state index contributed by atoms with van der Waals surface area (Å²) in [6.07, 6.45) is 0. The van der Waals surface area contributed by atoms with Crippen LogP contribution in [0.3, 0.4) is 0 Å². The van der Waals surface area contributed by atoms with E-state index in [0.29, 0.717) is 21.1 Å². The van der Waals surface area contributed by atoms with Gasteiger partial charge in [0.1, 0.15) is 5.75 Å². The molecule has 7 amide bonds. The van der Waals surface area contributed by atoms with Gasteiger partial charge in [-0.15, -0.1) is 11.3 Å². The molecule has 5 rings (SSSR count). The first-order valence-electron chi connectivity index (χ1n) is 10.5. The van der Waals surface area contributed by atoms with Gasteiger partial charge < -0.3 is 20.3 Å². The van der Waals surface area contributed by atoms with Crippen LogP contribution in [0, 0.1) is 11.8 Å². The van der Waals surface area contributed by atoms with Crippen LogP contribution in [-0.4, -0.2) is 53.9 Å².